The summed E-state index contributed by atoms with van der Waals surface area (Å²) in [5.41, 5.74) is 2.21. The number of aromatic nitrogens is 1. The van der Waals surface area contributed by atoms with Crippen LogP contribution in [0.1, 0.15) is 18.5 Å². The minimum atomic E-state index is -0.0491. The van der Waals surface area contributed by atoms with Crippen LogP contribution < -0.4 is 15.4 Å². The molecule has 0 bridgehead atoms. The van der Waals surface area contributed by atoms with Crippen LogP contribution in [-0.2, 0) is 4.74 Å². The summed E-state index contributed by atoms with van der Waals surface area (Å²) in [4.78, 5) is 22.5. The van der Waals surface area contributed by atoms with Gasteiger partial charge in [-0.3, -0.25) is 4.79 Å². The molecule has 0 spiro atoms. The number of nitrogens with zero attached hydrogens (tertiary/aromatic N) is 3. The van der Waals surface area contributed by atoms with Crippen molar-refractivity contribution in [2.24, 2.45) is 0 Å². The molecule has 0 radical (unpaired) electrons. The highest BCUT2D eigenvalue weighted by atomic mass is 16.5. The Balaban J connectivity index is 1.69. The van der Waals surface area contributed by atoms with Gasteiger partial charge in [0.15, 0.2) is 0 Å². The number of rotatable bonds is 3. The van der Waals surface area contributed by atoms with Gasteiger partial charge in [-0.2, -0.15) is 0 Å². The van der Waals surface area contributed by atoms with Gasteiger partial charge in [0, 0.05) is 50.0 Å². The van der Waals surface area contributed by atoms with Crippen LogP contribution in [0.15, 0.2) is 47.3 Å². The van der Waals surface area contributed by atoms with E-state index >= 15 is 0 Å². The Kier molecular flexibility index (Phi) is 5.18. The number of nitrogens with one attached hydrogen (secondary N) is 1. The van der Waals surface area contributed by atoms with Gasteiger partial charge in [-0.1, -0.05) is 30.3 Å². The minimum Gasteiger partial charge on any atom is -0.377 e. The fourth-order valence-corrected chi connectivity index (χ4v) is 4.11. The first kappa shape index (κ1) is 18.1. The highest BCUT2D eigenvalue weighted by Gasteiger charge is 2.28. The van der Waals surface area contributed by atoms with Crippen LogP contribution in [0.4, 0.5) is 11.5 Å². The van der Waals surface area contributed by atoms with Crippen molar-refractivity contribution in [3.8, 4) is 0 Å². The molecule has 1 aromatic carbocycles. The quantitative estimate of drug-likeness (QED) is 0.899. The van der Waals surface area contributed by atoms with Crippen LogP contribution in [0.2, 0.25) is 0 Å². The van der Waals surface area contributed by atoms with E-state index in [9.17, 15) is 4.79 Å². The molecule has 0 saturated carbocycles. The SMILES string of the molecule is CC1COCCN1c1cc(N2CCN(C)CC2c2ccccc2)[nH]c(=O)c1. The van der Waals surface area contributed by atoms with E-state index in [0.29, 0.717) is 13.2 Å². The zero-order valence-electron chi connectivity index (χ0n) is 16.1. The maximum absolute atomic E-state index is 12.5. The van der Waals surface area contributed by atoms with Gasteiger partial charge >= 0.3 is 0 Å². The summed E-state index contributed by atoms with van der Waals surface area (Å²) < 4.78 is 5.55. The normalized spacial score (nSPS) is 24.2. The smallest absolute Gasteiger partial charge is 0.251 e. The Hall–Kier alpha value is -2.31. The maximum Gasteiger partial charge on any atom is 0.251 e. The summed E-state index contributed by atoms with van der Waals surface area (Å²) in [7, 11) is 2.15. The third kappa shape index (κ3) is 3.87. The molecule has 2 aromatic rings. The third-order valence-corrected chi connectivity index (χ3v) is 5.59. The summed E-state index contributed by atoms with van der Waals surface area (Å²) in [5, 5.41) is 0. The van der Waals surface area contributed by atoms with Crippen LogP contribution in [0.5, 0.6) is 0 Å². The Bertz CT molecular complexity index is 822. The number of pyridine rings is 1. The van der Waals surface area contributed by atoms with Gasteiger partial charge in [0.2, 0.25) is 0 Å². The molecule has 0 aliphatic carbocycles. The lowest BCUT2D eigenvalue weighted by molar-refractivity contribution is 0.0989. The lowest BCUT2D eigenvalue weighted by Gasteiger charge is -2.42. The Morgan fingerprint density at radius 2 is 1.89 bits per heavy atom. The molecule has 3 heterocycles. The van der Waals surface area contributed by atoms with Crippen molar-refractivity contribution >= 4 is 11.5 Å². The number of piperazine rings is 1. The molecule has 6 nitrogen and oxygen atoms in total. The predicted molar refractivity (Wildman–Crippen MR) is 109 cm³/mol. The fraction of sp³-hybridized carbons (Fsp3) is 0.476. The van der Waals surface area contributed by atoms with Gasteiger partial charge in [-0.25, -0.2) is 0 Å². The van der Waals surface area contributed by atoms with Crippen LogP contribution in [0, 0.1) is 0 Å². The van der Waals surface area contributed by atoms with E-state index in [1.54, 1.807) is 6.07 Å². The van der Waals surface area contributed by atoms with Crippen molar-refractivity contribution in [2.75, 3.05) is 56.2 Å². The van der Waals surface area contributed by atoms with E-state index in [1.807, 2.05) is 6.07 Å². The highest BCUT2D eigenvalue weighted by Crippen LogP contribution is 2.31. The molecule has 4 rings (SSSR count). The Morgan fingerprint density at radius 3 is 2.67 bits per heavy atom. The van der Waals surface area contributed by atoms with E-state index in [2.05, 4.69) is 64.0 Å². The van der Waals surface area contributed by atoms with Gasteiger partial charge in [0.1, 0.15) is 5.82 Å². The monoisotopic (exact) mass is 368 g/mol. The van der Waals surface area contributed by atoms with E-state index in [4.69, 9.17) is 4.74 Å². The standard InChI is InChI=1S/C21H28N4O2/c1-16-15-27-11-10-24(16)18-12-20(22-21(26)13-18)25-9-8-23(2)14-19(25)17-6-4-3-5-7-17/h3-7,12-13,16,19H,8-11,14-15H2,1-2H3,(H,22,26). The molecule has 2 aliphatic heterocycles. The Labute approximate surface area is 160 Å². The molecule has 1 aromatic heterocycles. The number of anilines is 2. The fourth-order valence-electron chi connectivity index (χ4n) is 4.11. The van der Waals surface area contributed by atoms with Gasteiger partial charge in [0.25, 0.3) is 5.56 Å². The first-order valence-electron chi connectivity index (χ1n) is 9.71. The minimum absolute atomic E-state index is 0.0491. The average molecular weight is 368 g/mol. The number of hydrogen-bond acceptors (Lipinski definition) is 5. The summed E-state index contributed by atoms with van der Waals surface area (Å²) in [6.07, 6.45) is 0. The van der Waals surface area contributed by atoms with Crippen molar-refractivity contribution < 1.29 is 4.74 Å². The largest absolute Gasteiger partial charge is 0.377 e. The first-order valence-corrected chi connectivity index (χ1v) is 9.71. The van der Waals surface area contributed by atoms with Crippen molar-refractivity contribution in [3.05, 3.63) is 58.4 Å². The molecule has 2 saturated heterocycles. The highest BCUT2D eigenvalue weighted by molar-refractivity contribution is 5.57. The average Bonchev–Trinajstić information content (AvgIpc) is 2.68. The number of likely N-dealkylation sites (N-methyl/N-ethyl adjacent to an activating group) is 1. The van der Waals surface area contributed by atoms with Crippen molar-refractivity contribution in [2.45, 2.75) is 19.0 Å². The zero-order valence-corrected chi connectivity index (χ0v) is 16.1. The van der Waals surface area contributed by atoms with E-state index < -0.39 is 0 Å². The number of benzene rings is 1. The van der Waals surface area contributed by atoms with Crippen LogP contribution in [0.25, 0.3) is 0 Å². The number of ether oxygens (including phenoxy) is 1. The third-order valence-electron chi connectivity index (χ3n) is 5.59. The summed E-state index contributed by atoms with van der Waals surface area (Å²) in [6, 6.07) is 14.9. The molecule has 6 heteroatoms. The molecular weight excluding hydrogens is 340 g/mol. The van der Waals surface area contributed by atoms with Crippen LogP contribution in [-0.4, -0.2) is 62.4 Å². The predicted octanol–water partition coefficient (Wildman–Crippen LogP) is 2.09. The van der Waals surface area contributed by atoms with Gasteiger partial charge in [-0.15, -0.1) is 0 Å². The molecule has 2 fully saturated rings. The molecule has 2 atom stereocenters. The lowest BCUT2D eigenvalue weighted by atomic mass is 10.0. The molecule has 2 unspecified atom stereocenters. The summed E-state index contributed by atoms with van der Waals surface area (Å²) in [5.74, 6) is 0.901. The van der Waals surface area contributed by atoms with Crippen molar-refractivity contribution in [1.29, 1.82) is 0 Å². The van der Waals surface area contributed by atoms with E-state index in [-0.39, 0.29) is 17.6 Å². The molecule has 27 heavy (non-hydrogen) atoms. The second-order valence-electron chi connectivity index (χ2n) is 7.59. The number of morpholine rings is 1. The van der Waals surface area contributed by atoms with Crippen LogP contribution in [0.3, 0.4) is 0 Å². The second-order valence-corrected chi connectivity index (χ2v) is 7.59. The zero-order chi connectivity index (χ0) is 18.8. The van der Waals surface area contributed by atoms with Crippen molar-refractivity contribution in [1.82, 2.24) is 9.88 Å². The molecule has 144 valence electrons. The van der Waals surface area contributed by atoms with Gasteiger partial charge in [0.05, 0.1) is 19.3 Å². The molecule has 1 N–H and O–H groups in total. The molecule has 0 amide bonds. The second kappa shape index (κ2) is 7.74. The molecule has 2 aliphatic rings. The summed E-state index contributed by atoms with van der Waals surface area (Å²) >= 11 is 0. The summed E-state index contributed by atoms with van der Waals surface area (Å²) in [6.45, 7) is 7.15. The van der Waals surface area contributed by atoms with Gasteiger partial charge < -0.3 is 24.4 Å². The topological polar surface area (TPSA) is 51.8 Å². The number of hydrogen-bond donors (Lipinski definition) is 1. The maximum atomic E-state index is 12.5. The molecular formula is C21H28N4O2. The van der Waals surface area contributed by atoms with E-state index in [1.165, 1.54) is 5.56 Å². The van der Waals surface area contributed by atoms with Crippen molar-refractivity contribution in [3.63, 3.8) is 0 Å². The first-order chi connectivity index (χ1) is 13.1. The number of H-pyrrole nitrogens is 1. The van der Waals surface area contributed by atoms with Gasteiger partial charge in [-0.05, 0) is 19.5 Å². The van der Waals surface area contributed by atoms with Crippen LogP contribution >= 0.6 is 0 Å². The Morgan fingerprint density at radius 1 is 1.07 bits per heavy atom. The number of aromatic amines is 1. The lowest BCUT2D eigenvalue weighted by Crippen LogP contribution is -2.48. The van der Waals surface area contributed by atoms with E-state index in [0.717, 1.165) is 37.7 Å².